The molecule has 41 heavy (non-hydrogen) atoms. The molecule has 0 aromatic carbocycles. The van der Waals surface area contributed by atoms with Crippen molar-refractivity contribution in [2.45, 2.75) is 139 Å². The number of Topliss-reactive ketones (excluding diaryl/α,β-unsaturated/α-hetero) is 1. The van der Waals surface area contributed by atoms with Crippen molar-refractivity contribution in [3.05, 3.63) is 62.0 Å². The van der Waals surface area contributed by atoms with Crippen LogP contribution in [0.3, 0.4) is 0 Å². The third-order valence-electron chi connectivity index (χ3n) is 5.82. The van der Waals surface area contributed by atoms with Gasteiger partial charge >= 0.3 is 0 Å². The van der Waals surface area contributed by atoms with E-state index in [1.54, 1.807) is 13.1 Å². The molecule has 0 heterocycles. The number of hydrogen-bond acceptors (Lipinski definition) is 4. The Kier molecular flexibility index (Phi) is 46.9. The van der Waals surface area contributed by atoms with Gasteiger partial charge in [0, 0.05) is 32.2 Å². The Labute approximate surface area is 256 Å². The Morgan fingerprint density at radius 3 is 1.90 bits per heavy atom. The minimum Gasteiger partial charge on any atom is -0.513 e. The second-order valence-electron chi connectivity index (χ2n) is 9.26. The van der Waals surface area contributed by atoms with Crippen LogP contribution in [0, 0.1) is 11.8 Å². The normalized spacial score (nSPS) is 11.9. The summed E-state index contributed by atoms with van der Waals surface area (Å²) < 4.78 is 0. The summed E-state index contributed by atoms with van der Waals surface area (Å²) in [6.45, 7) is 30.3. The maximum atomic E-state index is 12.3. The van der Waals surface area contributed by atoms with Crippen molar-refractivity contribution in [2.24, 2.45) is 11.8 Å². The van der Waals surface area contributed by atoms with E-state index in [1.807, 2.05) is 67.5 Å². The van der Waals surface area contributed by atoms with Gasteiger partial charge in [-0.05, 0) is 70.6 Å². The van der Waals surface area contributed by atoms with Crippen molar-refractivity contribution >= 4 is 11.7 Å². The average molecular weight is 580 g/mol. The van der Waals surface area contributed by atoms with Crippen molar-refractivity contribution in [2.75, 3.05) is 7.05 Å². The summed E-state index contributed by atoms with van der Waals surface area (Å²) >= 11 is 0. The number of ketones is 1. The fourth-order valence-corrected chi connectivity index (χ4v) is 3.63. The highest BCUT2D eigenvalue weighted by molar-refractivity contribution is 5.80. The summed E-state index contributed by atoms with van der Waals surface area (Å²) in [5.74, 6) is 0.875. The highest BCUT2D eigenvalue weighted by Crippen LogP contribution is 2.20. The molecule has 3 unspecified atom stereocenters. The van der Waals surface area contributed by atoms with Gasteiger partial charge in [0.15, 0.2) is 0 Å². The van der Waals surface area contributed by atoms with Crippen molar-refractivity contribution in [1.29, 1.82) is 0 Å². The Balaban J connectivity index is -0.000000239. The van der Waals surface area contributed by atoms with Gasteiger partial charge in [-0.2, -0.15) is 0 Å². The van der Waals surface area contributed by atoms with E-state index in [0.717, 1.165) is 57.8 Å². The molecule has 242 valence electrons. The zero-order chi connectivity index (χ0) is 33.1. The number of unbranched alkanes of at least 4 members (excludes halogenated alkanes) is 2. The number of amides is 1. The van der Waals surface area contributed by atoms with Gasteiger partial charge in [0.1, 0.15) is 5.78 Å². The van der Waals surface area contributed by atoms with Gasteiger partial charge in [-0.15, -0.1) is 19.7 Å². The van der Waals surface area contributed by atoms with Crippen LogP contribution < -0.4 is 5.32 Å². The lowest BCUT2D eigenvalue weighted by Crippen LogP contribution is -2.21. The van der Waals surface area contributed by atoms with Crippen LogP contribution in [0.1, 0.15) is 132 Å². The van der Waals surface area contributed by atoms with Crippen LogP contribution in [0.4, 0.5) is 0 Å². The molecule has 0 radical (unpaired) electrons. The van der Waals surface area contributed by atoms with E-state index in [4.69, 9.17) is 5.11 Å². The van der Waals surface area contributed by atoms with Crippen molar-refractivity contribution in [1.82, 2.24) is 5.32 Å². The lowest BCUT2D eigenvalue weighted by Gasteiger charge is -2.15. The van der Waals surface area contributed by atoms with E-state index in [2.05, 4.69) is 37.7 Å². The topological polar surface area (TPSA) is 86.6 Å². The maximum Gasteiger partial charge on any atom is 0.220 e. The number of carbonyl (C=O) groups is 2. The summed E-state index contributed by atoms with van der Waals surface area (Å²) in [7, 11) is 1.65. The summed E-state index contributed by atoms with van der Waals surface area (Å²) in [5, 5.41) is 20.7. The molecule has 0 aliphatic carbocycles. The highest BCUT2D eigenvalue weighted by atomic mass is 16.3. The lowest BCUT2D eigenvalue weighted by atomic mass is 9.90. The SMILES string of the molecule is C=CCC(CCCC(=O)C(C)C/C(C)=C\CCC(O)C=C)CC(=O)NC.C=CCCCCC(=C)O.CC.CC.CC. The predicted octanol–water partition coefficient (Wildman–Crippen LogP) is 10.2. The monoisotopic (exact) mass is 580 g/mol. The Morgan fingerprint density at radius 1 is 0.854 bits per heavy atom. The van der Waals surface area contributed by atoms with Crippen molar-refractivity contribution < 1.29 is 19.8 Å². The van der Waals surface area contributed by atoms with Gasteiger partial charge in [0.2, 0.25) is 5.91 Å². The van der Waals surface area contributed by atoms with Crippen LogP contribution in [0.25, 0.3) is 0 Å². The Bertz CT molecular complexity index is 666. The first-order valence-electron chi connectivity index (χ1n) is 15.9. The summed E-state index contributed by atoms with van der Waals surface area (Å²) in [6, 6.07) is 0. The van der Waals surface area contributed by atoms with Crippen LogP contribution in [0.15, 0.2) is 62.0 Å². The van der Waals surface area contributed by atoms with Gasteiger partial charge in [-0.25, -0.2) is 0 Å². The summed E-state index contributed by atoms with van der Waals surface area (Å²) in [6.07, 6.45) is 16.5. The standard InChI is InChI=1S/C22H37NO3.C8H14O.3C2H6/c1-6-10-19(16-22(26)23-5)12-9-14-21(25)18(4)15-17(3)11-8-13-20(24)7-2;1-3-4-5-6-7-8(2)9;3*1-2/h6-7,11,18-20,24H,1-2,8-10,12-16H2,3-5H3,(H,23,26);3,9H,1-2,4-7H2;3*1-2H3/b17-11-;;;;. The summed E-state index contributed by atoms with van der Waals surface area (Å²) in [5.41, 5.74) is 1.19. The molecule has 3 atom stereocenters. The number of nitrogens with one attached hydrogen (secondary N) is 1. The molecule has 0 fully saturated rings. The Morgan fingerprint density at radius 2 is 1.44 bits per heavy atom. The van der Waals surface area contributed by atoms with Crippen LogP contribution in [0.5, 0.6) is 0 Å². The largest absolute Gasteiger partial charge is 0.513 e. The molecule has 5 heteroatoms. The molecule has 0 bridgehead atoms. The van der Waals surface area contributed by atoms with Gasteiger partial charge in [0.05, 0.1) is 11.9 Å². The average Bonchev–Trinajstić information content (AvgIpc) is 2.98. The van der Waals surface area contributed by atoms with Crippen LogP contribution in [0.2, 0.25) is 0 Å². The van der Waals surface area contributed by atoms with Gasteiger partial charge in [-0.1, -0.05) is 84.9 Å². The van der Waals surface area contributed by atoms with E-state index < -0.39 is 6.10 Å². The number of aliphatic hydroxyl groups excluding tert-OH is 2. The fourth-order valence-electron chi connectivity index (χ4n) is 3.63. The molecule has 0 aliphatic heterocycles. The van der Waals surface area contributed by atoms with Crippen LogP contribution >= 0.6 is 0 Å². The quantitative estimate of drug-likeness (QED) is 0.0760. The molecule has 0 aromatic rings. The molecule has 0 spiro atoms. The van der Waals surface area contributed by atoms with Crippen LogP contribution in [-0.4, -0.2) is 35.1 Å². The Hall–Kier alpha value is -2.40. The second kappa shape index (κ2) is 39.7. The molecule has 0 rings (SSSR count). The lowest BCUT2D eigenvalue weighted by molar-refractivity contribution is -0.122. The number of hydrogen-bond donors (Lipinski definition) is 3. The first kappa shape index (κ1) is 48.3. The fraction of sp³-hybridized carbons (Fsp3) is 0.667. The highest BCUT2D eigenvalue weighted by Gasteiger charge is 2.16. The summed E-state index contributed by atoms with van der Waals surface area (Å²) in [4.78, 5) is 23.9. The number of rotatable bonds is 20. The predicted molar refractivity (Wildman–Crippen MR) is 183 cm³/mol. The second-order valence-corrected chi connectivity index (χ2v) is 9.26. The molecule has 3 N–H and O–H groups in total. The van der Waals surface area contributed by atoms with E-state index >= 15 is 0 Å². The third-order valence-corrected chi connectivity index (χ3v) is 5.82. The minimum absolute atomic E-state index is 0.00683. The van der Waals surface area contributed by atoms with Crippen molar-refractivity contribution in [3.8, 4) is 0 Å². The van der Waals surface area contributed by atoms with E-state index in [1.165, 1.54) is 5.57 Å². The van der Waals surface area contributed by atoms with E-state index in [0.29, 0.717) is 25.0 Å². The molecule has 0 saturated heterocycles. The first-order chi connectivity index (χ1) is 19.6. The smallest absolute Gasteiger partial charge is 0.220 e. The van der Waals surface area contributed by atoms with Crippen molar-refractivity contribution in [3.63, 3.8) is 0 Å². The molecular formula is C36H69NO4. The zero-order valence-corrected chi connectivity index (χ0v) is 28.6. The molecule has 1 amide bonds. The van der Waals surface area contributed by atoms with Gasteiger partial charge < -0.3 is 15.5 Å². The molecule has 0 aromatic heterocycles. The number of carbonyl (C=O) groups excluding carboxylic acids is 2. The van der Waals surface area contributed by atoms with Gasteiger partial charge in [-0.3, -0.25) is 9.59 Å². The zero-order valence-electron chi connectivity index (χ0n) is 28.6. The van der Waals surface area contributed by atoms with Crippen LogP contribution in [-0.2, 0) is 9.59 Å². The third kappa shape index (κ3) is 39.8. The van der Waals surface area contributed by atoms with Gasteiger partial charge in [0.25, 0.3) is 0 Å². The molecule has 0 aliphatic rings. The number of aliphatic hydroxyl groups is 2. The van der Waals surface area contributed by atoms with E-state index in [9.17, 15) is 14.7 Å². The first-order valence-corrected chi connectivity index (χ1v) is 15.9. The van der Waals surface area contributed by atoms with E-state index in [-0.39, 0.29) is 23.5 Å². The molecule has 0 saturated carbocycles. The molecular weight excluding hydrogens is 510 g/mol. The maximum absolute atomic E-state index is 12.3. The molecule has 5 nitrogen and oxygen atoms in total. The minimum atomic E-state index is -0.462. The number of allylic oxidation sites excluding steroid dienone is 5.